The van der Waals surface area contributed by atoms with Gasteiger partial charge in [0.1, 0.15) is 10.7 Å². The SMILES string of the molecule is CC(=O)Nc1ccc(NS(=O)(=O)c2cc(C(=O)O)ccc2F)cc1. The van der Waals surface area contributed by atoms with Crippen LogP contribution in [-0.2, 0) is 14.8 Å². The third-order valence-electron chi connectivity index (χ3n) is 2.93. The van der Waals surface area contributed by atoms with Crippen LogP contribution >= 0.6 is 0 Å². The summed E-state index contributed by atoms with van der Waals surface area (Å²) in [5, 5.41) is 11.4. The first-order valence-electron chi connectivity index (χ1n) is 6.62. The molecule has 0 saturated carbocycles. The smallest absolute Gasteiger partial charge is 0.335 e. The molecule has 2 aromatic carbocycles. The topological polar surface area (TPSA) is 113 Å². The minimum atomic E-state index is -4.31. The standard InChI is InChI=1S/C15H13FN2O5S/c1-9(19)17-11-3-5-12(6-4-11)18-24(22,23)14-8-10(15(20)21)2-7-13(14)16/h2-8,18H,1H3,(H,17,19)(H,20,21). The molecule has 0 spiro atoms. The van der Waals surface area contributed by atoms with Crippen molar-refractivity contribution in [2.45, 2.75) is 11.8 Å². The molecule has 0 aromatic heterocycles. The molecule has 0 aliphatic carbocycles. The average Bonchev–Trinajstić information content (AvgIpc) is 2.48. The maximum atomic E-state index is 13.8. The van der Waals surface area contributed by atoms with E-state index in [1.807, 2.05) is 0 Å². The van der Waals surface area contributed by atoms with Gasteiger partial charge in [0, 0.05) is 18.3 Å². The van der Waals surface area contributed by atoms with Crippen LogP contribution in [-0.4, -0.2) is 25.4 Å². The number of rotatable bonds is 5. The van der Waals surface area contributed by atoms with Gasteiger partial charge in [-0.15, -0.1) is 0 Å². The van der Waals surface area contributed by atoms with Gasteiger partial charge in [-0.05, 0) is 42.5 Å². The van der Waals surface area contributed by atoms with Crippen LogP contribution in [0.3, 0.4) is 0 Å². The largest absolute Gasteiger partial charge is 0.478 e. The zero-order valence-corrected chi connectivity index (χ0v) is 13.2. The molecule has 0 aliphatic heterocycles. The molecule has 2 aromatic rings. The van der Waals surface area contributed by atoms with E-state index < -0.39 is 26.7 Å². The van der Waals surface area contributed by atoms with E-state index in [1.165, 1.54) is 31.2 Å². The van der Waals surface area contributed by atoms with Gasteiger partial charge in [-0.1, -0.05) is 0 Å². The highest BCUT2D eigenvalue weighted by Gasteiger charge is 2.21. The molecular formula is C15H13FN2O5S. The van der Waals surface area contributed by atoms with Crippen molar-refractivity contribution in [3.63, 3.8) is 0 Å². The quantitative estimate of drug-likeness (QED) is 0.764. The molecule has 3 N–H and O–H groups in total. The first-order chi connectivity index (χ1) is 11.2. The normalized spacial score (nSPS) is 10.9. The molecule has 0 bridgehead atoms. The van der Waals surface area contributed by atoms with Crippen LogP contribution in [0.2, 0.25) is 0 Å². The van der Waals surface area contributed by atoms with Crippen molar-refractivity contribution < 1.29 is 27.5 Å². The number of hydrogen-bond donors (Lipinski definition) is 3. The van der Waals surface area contributed by atoms with Crippen LogP contribution in [0.15, 0.2) is 47.4 Å². The number of halogens is 1. The molecule has 1 amide bonds. The lowest BCUT2D eigenvalue weighted by Gasteiger charge is -2.10. The molecule has 0 atom stereocenters. The first kappa shape index (κ1) is 17.4. The fourth-order valence-electron chi connectivity index (χ4n) is 1.88. The van der Waals surface area contributed by atoms with Crippen LogP contribution in [0.4, 0.5) is 15.8 Å². The number of sulfonamides is 1. The van der Waals surface area contributed by atoms with Crippen molar-refractivity contribution in [1.29, 1.82) is 0 Å². The van der Waals surface area contributed by atoms with Gasteiger partial charge in [0.15, 0.2) is 0 Å². The number of benzene rings is 2. The Labute approximate surface area is 137 Å². The molecule has 24 heavy (non-hydrogen) atoms. The molecule has 2 rings (SSSR count). The van der Waals surface area contributed by atoms with E-state index >= 15 is 0 Å². The molecule has 126 valence electrons. The number of aromatic carboxylic acids is 1. The van der Waals surface area contributed by atoms with Crippen molar-refractivity contribution in [3.8, 4) is 0 Å². The van der Waals surface area contributed by atoms with Crippen molar-refractivity contribution in [1.82, 2.24) is 0 Å². The first-order valence-corrected chi connectivity index (χ1v) is 8.10. The predicted molar refractivity (Wildman–Crippen MR) is 84.9 cm³/mol. The van der Waals surface area contributed by atoms with Crippen LogP contribution < -0.4 is 10.0 Å². The number of carboxylic acid groups (broad SMARTS) is 1. The maximum absolute atomic E-state index is 13.8. The van der Waals surface area contributed by atoms with Gasteiger partial charge in [-0.25, -0.2) is 17.6 Å². The summed E-state index contributed by atoms with van der Waals surface area (Å²) in [4.78, 5) is 21.1. The maximum Gasteiger partial charge on any atom is 0.335 e. The van der Waals surface area contributed by atoms with Crippen LogP contribution in [0, 0.1) is 5.82 Å². The Morgan fingerprint density at radius 2 is 1.62 bits per heavy atom. The number of carbonyl (C=O) groups is 2. The Morgan fingerprint density at radius 3 is 2.17 bits per heavy atom. The van der Waals surface area contributed by atoms with Gasteiger partial charge >= 0.3 is 5.97 Å². The molecule has 0 fully saturated rings. The minimum absolute atomic E-state index is 0.129. The molecule has 0 radical (unpaired) electrons. The zero-order valence-electron chi connectivity index (χ0n) is 12.4. The second-order valence-electron chi connectivity index (χ2n) is 4.81. The summed E-state index contributed by atoms with van der Waals surface area (Å²) in [5.41, 5.74) is 0.242. The highest BCUT2D eigenvalue weighted by atomic mass is 32.2. The number of carbonyl (C=O) groups excluding carboxylic acids is 1. The molecule has 7 nitrogen and oxygen atoms in total. The highest BCUT2D eigenvalue weighted by Crippen LogP contribution is 2.21. The summed E-state index contributed by atoms with van der Waals surface area (Å²) in [6.07, 6.45) is 0. The fraction of sp³-hybridized carbons (Fsp3) is 0.0667. The van der Waals surface area contributed by atoms with E-state index in [1.54, 1.807) is 0 Å². The molecule has 0 saturated heterocycles. The number of hydrogen-bond acceptors (Lipinski definition) is 4. The lowest BCUT2D eigenvalue weighted by atomic mass is 10.2. The Morgan fingerprint density at radius 1 is 1.04 bits per heavy atom. The monoisotopic (exact) mass is 352 g/mol. The molecular weight excluding hydrogens is 339 g/mol. The van der Waals surface area contributed by atoms with Crippen molar-refractivity contribution in [2.24, 2.45) is 0 Å². The summed E-state index contributed by atoms with van der Waals surface area (Å²) in [6.45, 7) is 1.33. The second kappa shape index (κ2) is 6.67. The van der Waals surface area contributed by atoms with Gasteiger partial charge in [0.2, 0.25) is 5.91 Å². The Bertz CT molecular complexity index is 895. The lowest BCUT2D eigenvalue weighted by Crippen LogP contribution is -2.15. The Kier molecular flexibility index (Phi) is 4.84. The van der Waals surface area contributed by atoms with Crippen molar-refractivity contribution in [3.05, 3.63) is 53.8 Å². The third-order valence-corrected chi connectivity index (χ3v) is 4.32. The van der Waals surface area contributed by atoms with Crippen LogP contribution in [0.5, 0.6) is 0 Å². The number of nitrogens with one attached hydrogen (secondary N) is 2. The van der Waals surface area contributed by atoms with E-state index in [0.29, 0.717) is 5.69 Å². The third kappa shape index (κ3) is 4.07. The van der Waals surface area contributed by atoms with Gasteiger partial charge in [0.05, 0.1) is 5.56 Å². The van der Waals surface area contributed by atoms with E-state index in [9.17, 15) is 22.4 Å². The van der Waals surface area contributed by atoms with Gasteiger partial charge in [-0.2, -0.15) is 0 Å². The van der Waals surface area contributed by atoms with Crippen LogP contribution in [0.25, 0.3) is 0 Å². The van der Waals surface area contributed by atoms with Gasteiger partial charge < -0.3 is 10.4 Å². The second-order valence-corrected chi connectivity index (χ2v) is 6.47. The van der Waals surface area contributed by atoms with Crippen LogP contribution in [0.1, 0.15) is 17.3 Å². The molecule has 0 aliphatic rings. The summed E-state index contributed by atoms with van der Waals surface area (Å²) < 4.78 is 40.4. The Balaban J connectivity index is 2.30. The van der Waals surface area contributed by atoms with E-state index in [-0.39, 0.29) is 17.2 Å². The molecule has 0 heterocycles. The summed E-state index contributed by atoms with van der Waals surface area (Å²) in [6, 6.07) is 8.17. The molecule has 9 heteroatoms. The predicted octanol–water partition coefficient (Wildman–Crippen LogP) is 2.28. The number of anilines is 2. The summed E-state index contributed by atoms with van der Waals surface area (Å²) in [7, 11) is -4.31. The van der Waals surface area contributed by atoms with Crippen molar-refractivity contribution in [2.75, 3.05) is 10.0 Å². The molecule has 0 unspecified atom stereocenters. The number of amides is 1. The minimum Gasteiger partial charge on any atom is -0.478 e. The van der Waals surface area contributed by atoms with E-state index in [4.69, 9.17) is 5.11 Å². The highest BCUT2D eigenvalue weighted by molar-refractivity contribution is 7.92. The van der Waals surface area contributed by atoms with E-state index in [2.05, 4.69) is 10.0 Å². The Hall–Kier alpha value is -2.94. The zero-order chi connectivity index (χ0) is 17.9. The summed E-state index contributed by atoms with van der Waals surface area (Å²) >= 11 is 0. The van der Waals surface area contributed by atoms with Gasteiger partial charge in [0.25, 0.3) is 10.0 Å². The van der Waals surface area contributed by atoms with Crippen molar-refractivity contribution >= 4 is 33.3 Å². The van der Waals surface area contributed by atoms with Gasteiger partial charge in [-0.3, -0.25) is 9.52 Å². The van der Waals surface area contributed by atoms with E-state index in [0.717, 1.165) is 18.2 Å². The lowest BCUT2D eigenvalue weighted by molar-refractivity contribution is -0.114. The average molecular weight is 352 g/mol. The number of carboxylic acids is 1. The summed E-state index contributed by atoms with van der Waals surface area (Å²) in [5.74, 6) is -2.72. The fourth-order valence-corrected chi connectivity index (χ4v) is 3.04.